The van der Waals surface area contributed by atoms with Gasteiger partial charge in [0.1, 0.15) is 12.2 Å². The number of likely N-dealkylation sites (N-methyl/N-ethyl adjacent to an activating group) is 1. The quantitative estimate of drug-likeness (QED) is 0.632. The summed E-state index contributed by atoms with van der Waals surface area (Å²) in [4.78, 5) is 30.0. The molecule has 8 unspecified atom stereocenters. The number of hydrazine groups is 1. The Morgan fingerprint density at radius 1 is 1.03 bits per heavy atom. The first kappa shape index (κ1) is 19.7. The summed E-state index contributed by atoms with van der Waals surface area (Å²) in [6.07, 6.45) is 4.24. The molecule has 8 atom stereocenters. The lowest BCUT2D eigenvalue weighted by molar-refractivity contribution is -0.138. The van der Waals surface area contributed by atoms with Crippen LogP contribution in [0.5, 0.6) is 0 Å². The number of halogens is 1. The maximum Gasteiger partial charge on any atom is 0.241 e. The molecule has 0 spiro atoms. The zero-order valence-corrected chi connectivity index (χ0v) is 17.4. The molecule has 2 amide bonds. The van der Waals surface area contributed by atoms with Crippen LogP contribution in [-0.4, -0.2) is 78.1 Å². The summed E-state index contributed by atoms with van der Waals surface area (Å²) in [5.74, 6) is 1.08. The van der Waals surface area contributed by atoms with Gasteiger partial charge in [-0.25, -0.2) is 9.82 Å². The highest BCUT2D eigenvalue weighted by Gasteiger charge is 2.49. The van der Waals surface area contributed by atoms with E-state index in [0.29, 0.717) is 43.8 Å². The number of carbonyl (C=O) groups excluding carboxylic acids is 2. The lowest BCUT2D eigenvalue weighted by Crippen LogP contribution is -2.55. The summed E-state index contributed by atoms with van der Waals surface area (Å²) in [6, 6.07) is 0.258. The number of alkyl halides is 1. The van der Waals surface area contributed by atoms with Crippen molar-refractivity contribution in [1.82, 2.24) is 26.0 Å². The van der Waals surface area contributed by atoms with Crippen molar-refractivity contribution < 1.29 is 14.0 Å². The minimum atomic E-state index is -0.755. The minimum Gasteiger partial charge on any atom is -0.341 e. The molecule has 7 nitrogen and oxygen atoms in total. The number of nitrogens with zero attached hydrogens (tertiary/aromatic N) is 2. The van der Waals surface area contributed by atoms with Gasteiger partial charge in [0.15, 0.2) is 0 Å². The number of carbonyl (C=O) groups is 2. The Hall–Kier alpha value is -1.25. The van der Waals surface area contributed by atoms with Gasteiger partial charge in [-0.3, -0.25) is 15.0 Å². The maximum absolute atomic E-state index is 14.0. The number of fused-ring (bicyclic) bond motifs is 2. The molecule has 29 heavy (non-hydrogen) atoms. The lowest BCUT2D eigenvalue weighted by atomic mass is 9.76. The average Bonchev–Trinajstić information content (AvgIpc) is 3.32. The van der Waals surface area contributed by atoms with E-state index in [-0.39, 0.29) is 41.9 Å². The third-order valence-corrected chi connectivity index (χ3v) is 8.14. The highest BCUT2D eigenvalue weighted by atomic mass is 19.1. The highest BCUT2D eigenvalue weighted by molar-refractivity contribution is 5.84. The molecular weight excluding hydrogens is 373 g/mol. The molecule has 2 aliphatic carbocycles. The Morgan fingerprint density at radius 3 is 2.59 bits per heavy atom. The van der Waals surface area contributed by atoms with E-state index in [1.54, 1.807) is 0 Å². The highest BCUT2D eigenvalue weighted by Crippen LogP contribution is 2.39. The Bertz CT molecular complexity index is 673. The van der Waals surface area contributed by atoms with Crippen LogP contribution in [0.15, 0.2) is 0 Å². The van der Waals surface area contributed by atoms with E-state index in [0.717, 1.165) is 25.7 Å². The number of nitrogens with one attached hydrogen (secondary N) is 3. The fraction of sp³-hybridized carbons (Fsp3) is 0.905. The molecule has 5 aliphatic rings. The summed E-state index contributed by atoms with van der Waals surface area (Å²) in [7, 11) is 1.89. The summed E-state index contributed by atoms with van der Waals surface area (Å²) in [6.45, 7) is 3.43. The average molecular weight is 408 g/mol. The molecule has 0 aromatic heterocycles. The predicted molar refractivity (Wildman–Crippen MR) is 106 cm³/mol. The molecule has 5 fully saturated rings. The smallest absolute Gasteiger partial charge is 0.241 e. The molecule has 3 saturated heterocycles. The van der Waals surface area contributed by atoms with Gasteiger partial charge >= 0.3 is 0 Å². The SMILES string of the molecule is CC1CC(F)CC2NC(C(=O)N3CCC4NNC(C(=O)N(C)C5CC5)C4C3)CC12. The molecule has 2 saturated carbocycles. The van der Waals surface area contributed by atoms with Crippen LogP contribution in [0.1, 0.15) is 45.4 Å². The van der Waals surface area contributed by atoms with Crippen LogP contribution >= 0.6 is 0 Å². The van der Waals surface area contributed by atoms with Crippen LogP contribution in [-0.2, 0) is 9.59 Å². The number of piperidine rings is 1. The van der Waals surface area contributed by atoms with E-state index in [1.807, 2.05) is 16.8 Å². The van der Waals surface area contributed by atoms with Crippen molar-refractivity contribution in [3.05, 3.63) is 0 Å². The second-order valence-corrected chi connectivity index (χ2v) is 10.1. The monoisotopic (exact) mass is 407 g/mol. The third-order valence-electron chi connectivity index (χ3n) is 8.14. The van der Waals surface area contributed by atoms with Crippen molar-refractivity contribution in [2.45, 2.75) is 81.8 Å². The topological polar surface area (TPSA) is 76.7 Å². The normalized spacial score (nSPS) is 44.3. The molecule has 0 aromatic carbocycles. The molecule has 8 heteroatoms. The van der Waals surface area contributed by atoms with Crippen molar-refractivity contribution >= 4 is 11.8 Å². The molecule has 0 aromatic rings. The molecule has 0 bridgehead atoms. The second kappa shape index (κ2) is 7.46. The van der Waals surface area contributed by atoms with Gasteiger partial charge in [-0.05, 0) is 50.4 Å². The van der Waals surface area contributed by atoms with Gasteiger partial charge in [-0.15, -0.1) is 0 Å². The fourth-order valence-electron chi connectivity index (χ4n) is 6.21. The first-order valence-corrected chi connectivity index (χ1v) is 11.4. The standard InChI is InChI=1S/C21H34FN5O2/c1-11-7-12(22)8-17-14(11)9-18(23-17)20(28)27-6-5-16-15(10-27)19(25-24-16)21(29)26(2)13-3-4-13/h11-19,23-25H,3-10H2,1-2H3. The lowest BCUT2D eigenvalue weighted by Gasteiger charge is -2.37. The Kier molecular flexibility index (Phi) is 5.07. The predicted octanol–water partition coefficient (Wildman–Crippen LogP) is 0.415. The summed E-state index contributed by atoms with van der Waals surface area (Å²) in [5.41, 5.74) is 6.50. The number of likely N-dealkylation sites (tertiary alicyclic amines) is 1. The number of hydrogen-bond acceptors (Lipinski definition) is 5. The molecule has 162 valence electrons. The Balaban J connectivity index is 1.23. The van der Waals surface area contributed by atoms with Gasteiger partial charge in [0.2, 0.25) is 11.8 Å². The summed E-state index contributed by atoms with van der Waals surface area (Å²) < 4.78 is 14.0. The zero-order chi connectivity index (χ0) is 20.3. The first-order valence-electron chi connectivity index (χ1n) is 11.4. The maximum atomic E-state index is 14.0. The van der Waals surface area contributed by atoms with E-state index in [2.05, 4.69) is 23.1 Å². The minimum absolute atomic E-state index is 0.0965. The number of rotatable bonds is 3. The van der Waals surface area contributed by atoms with Crippen molar-refractivity contribution in [3.8, 4) is 0 Å². The van der Waals surface area contributed by atoms with E-state index in [9.17, 15) is 14.0 Å². The van der Waals surface area contributed by atoms with E-state index >= 15 is 0 Å². The van der Waals surface area contributed by atoms with E-state index < -0.39 is 6.17 Å². The third kappa shape index (κ3) is 3.57. The second-order valence-electron chi connectivity index (χ2n) is 10.1. The summed E-state index contributed by atoms with van der Waals surface area (Å²) in [5, 5.41) is 3.45. The van der Waals surface area contributed by atoms with E-state index in [4.69, 9.17) is 0 Å². The molecule has 3 heterocycles. The molecule has 0 radical (unpaired) electrons. The van der Waals surface area contributed by atoms with E-state index in [1.165, 1.54) is 0 Å². The van der Waals surface area contributed by atoms with Gasteiger partial charge in [0.25, 0.3) is 0 Å². The number of amides is 2. The van der Waals surface area contributed by atoms with Gasteiger partial charge in [-0.1, -0.05) is 6.92 Å². The van der Waals surface area contributed by atoms with Crippen LogP contribution in [0, 0.1) is 17.8 Å². The first-order chi connectivity index (χ1) is 13.9. The van der Waals surface area contributed by atoms with Crippen LogP contribution < -0.4 is 16.2 Å². The van der Waals surface area contributed by atoms with Crippen molar-refractivity contribution in [2.75, 3.05) is 20.1 Å². The zero-order valence-electron chi connectivity index (χ0n) is 17.4. The number of hydrogen-bond donors (Lipinski definition) is 3. The molecular formula is C21H34FN5O2. The van der Waals surface area contributed by atoms with Crippen molar-refractivity contribution in [3.63, 3.8) is 0 Å². The van der Waals surface area contributed by atoms with Crippen LogP contribution in [0.4, 0.5) is 4.39 Å². The molecule has 3 N–H and O–H groups in total. The fourth-order valence-corrected chi connectivity index (χ4v) is 6.21. The van der Waals surface area contributed by atoms with Crippen LogP contribution in [0.2, 0.25) is 0 Å². The van der Waals surface area contributed by atoms with Crippen molar-refractivity contribution in [2.24, 2.45) is 17.8 Å². The molecule has 5 rings (SSSR count). The van der Waals surface area contributed by atoms with Crippen LogP contribution in [0.3, 0.4) is 0 Å². The van der Waals surface area contributed by atoms with Gasteiger partial charge in [0, 0.05) is 44.2 Å². The van der Waals surface area contributed by atoms with Gasteiger partial charge < -0.3 is 15.1 Å². The van der Waals surface area contributed by atoms with Crippen LogP contribution in [0.25, 0.3) is 0 Å². The molecule has 3 aliphatic heterocycles. The van der Waals surface area contributed by atoms with Gasteiger partial charge in [0.05, 0.1) is 6.04 Å². The Morgan fingerprint density at radius 2 is 1.83 bits per heavy atom. The van der Waals surface area contributed by atoms with Gasteiger partial charge in [-0.2, -0.15) is 0 Å². The summed E-state index contributed by atoms with van der Waals surface area (Å²) >= 11 is 0. The Labute approximate surface area is 172 Å². The van der Waals surface area contributed by atoms with Crippen molar-refractivity contribution in [1.29, 1.82) is 0 Å². The largest absolute Gasteiger partial charge is 0.341 e.